The van der Waals surface area contributed by atoms with Crippen LogP contribution in [0.3, 0.4) is 0 Å². The van der Waals surface area contributed by atoms with Crippen molar-refractivity contribution in [1.29, 1.82) is 0 Å². The van der Waals surface area contributed by atoms with E-state index in [0.717, 1.165) is 45.0 Å². The zero-order valence-corrected chi connectivity index (χ0v) is 17.4. The number of benzene rings is 4. The number of rotatable bonds is 2. The Kier molecular flexibility index (Phi) is 6.28. The molecule has 4 aromatic carbocycles. The first-order valence-electron chi connectivity index (χ1n) is 9.77. The van der Waals surface area contributed by atoms with Crippen LogP contribution in [0.15, 0.2) is 84.9 Å². The van der Waals surface area contributed by atoms with Crippen molar-refractivity contribution in [2.24, 2.45) is 0 Å². The summed E-state index contributed by atoms with van der Waals surface area (Å²) in [5.74, 6) is 0. The highest BCUT2D eigenvalue weighted by molar-refractivity contribution is 5.70. The molecule has 152 valence electrons. The lowest BCUT2D eigenvalue weighted by Gasteiger charge is -2.07. The summed E-state index contributed by atoms with van der Waals surface area (Å²) in [6, 6.07) is 27.7. The van der Waals surface area contributed by atoms with E-state index in [1.165, 1.54) is 11.1 Å². The van der Waals surface area contributed by atoms with E-state index < -0.39 is 0 Å². The van der Waals surface area contributed by atoms with Crippen molar-refractivity contribution >= 4 is 22.7 Å². The first-order chi connectivity index (χ1) is 14.3. The molecule has 0 unspecified atom stereocenters. The molecule has 0 saturated heterocycles. The molecule has 0 aliphatic carbocycles. The van der Waals surface area contributed by atoms with Gasteiger partial charge in [0.2, 0.25) is 0 Å². The Labute approximate surface area is 178 Å². The van der Waals surface area contributed by atoms with E-state index in [0.29, 0.717) is 0 Å². The van der Waals surface area contributed by atoms with E-state index >= 15 is 0 Å². The number of anilines is 4. The largest absolute Gasteiger partial charge is 0.399 e. The maximum atomic E-state index is 5.80. The van der Waals surface area contributed by atoms with Crippen molar-refractivity contribution in [2.75, 3.05) is 22.9 Å². The van der Waals surface area contributed by atoms with Gasteiger partial charge in [0.25, 0.3) is 0 Å². The molecule has 8 N–H and O–H groups in total. The molecule has 0 aliphatic heterocycles. The Bertz CT molecular complexity index is 1040. The van der Waals surface area contributed by atoms with Gasteiger partial charge in [0.1, 0.15) is 0 Å². The highest BCUT2D eigenvalue weighted by Gasteiger charge is 2.02. The monoisotopic (exact) mass is 396 g/mol. The van der Waals surface area contributed by atoms with Gasteiger partial charge >= 0.3 is 0 Å². The Morgan fingerprint density at radius 2 is 0.700 bits per heavy atom. The summed E-state index contributed by atoms with van der Waals surface area (Å²) in [6.45, 7) is 4.03. The van der Waals surface area contributed by atoms with Crippen LogP contribution in [0.2, 0.25) is 0 Å². The number of hydrogen-bond donors (Lipinski definition) is 4. The second-order valence-corrected chi connectivity index (χ2v) is 7.39. The van der Waals surface area contributed by atoms with Crippen molar-refractivity contribution in [3.05, 3.63) is 96.1 Å². The molecular weight excluding hydrogens is 368 g/mol. The average molecular weight is 397 g/mol. The van der Waals surface area contributed by atoms with Gasteiger partial charge in [-0.3, -0.25) is 0 Å². The average Bonchev–Trinajstić information content (AvgIpc) is 2.74. The smallest absolute Gasteiger partial charge is 0.0344 e. The summed E-state index contributed by atoms with van der Waals surface area (Å²) in [5, 5.41) is 0. The first-order valence-corrected chi connectivity index (χ1v) is 9.77. The lowest BCUT2D eigenvalue weighted by atomic mass is 10.0. The lowest BCUT2D eigenvalue weighted by Crippen LogP contribution is -1.91. The number of nitrogen functional groups attached to an aromatic ring is 4. The van der Waals surface area contributed by atoms with Crippen LogP contribution in [0, 0.1) is 13.8 Å². The molecule has 0 aromatic heterocycles. The van der Waals surface area contributed by atoms with Gasteiger partial charge in [0.05, 0.1) is 0 Å². The second kappa shape index (κ2) is 9.05. The first kappa shape index (κ1) is 20.8. The molecule has 4 nitrogen and oxygen atoms in total. The van der Waals surface area contributed by atoms with Gasteiger partial charge in [0.15, 0.2) is 0 Å². The van der Waals surface area contributed by atoms with Crippen LogP contribution in [0.4, 0.5) is 22.7 Å². The summed E-state index contributed by atoms with van der Waals surface area (Å²) in [7, 11) is 0. The maximum absolute atomic E-state index is 5.80. The molecule has 0 aliphatic rings. The van der Waals surface area contributed by atoms with Gasteiger partial charge in [-0.2, -0.15) is 0 Å². The Balaban J connectivity index is 0.000000172. The van der Waals surface area contributed by atoms with Crippen molar-refractivity contribution in [2.45, 2.75) is 13.8 Å². The molecule has 0 radical (unpaired) electrons. The van der Waals surface area contributed by atoms with Crippen LogP contribution in [0.25, 0.3) is 22.3 Å². The Morgan fingerprint density at radius 3 is 1.00 bits per heavy atom. The minimum Gasteiger partial charge on any atom is -0.399 e. The van der Waals surface area contributed by atoms with Crippen LogP contribution >= 0.6 is 0 Å². The minimum atomic E-state index is 0.782. The summed E-state index contributed by atoms with van der Waals surface area (Å²) in [6.07, 6.45) is 0. The van der Waals surface area contributed by atoms with Gasteiger partial charge in [-0.25, -0.2) is 0 Å². The van der Waals surface area contributed by atoms with Gasteiger partial charge in [-0.15, -0.1) is 0 Å². The summed E-state index contributed by atoms with van der Waals surface area (Å²) >= 11 is 0. The third-order valence-corrected chi connectivity index (χ3v) is 5.03. The van der Waals surface area contributed by atoms with E-state index in [2.05, 4.69) is 12.1 Å². The van der Waals surface area contributed by atoms with Crippen molar-refractivity contribution in [1.82, 2.24) is 0 Å². The van der Waals surface area contributed by atoms with Crippen molar-refractivity contribution < 1.29 is 0 Å². The van der Waals surface area contributed by atoms with Crippen molar-refractivity contribution in [3.63, 3.8) is 0 Å². The Morgan fingerprint density at radius 1 is 0.400 bits per heavy atom. The zero-order chi connectivity index (χ0) is 21.7. The van der Waals surface area contributed by atoms with Gasteiger partial charge < -0.3 is 22.9 Å². The molecular formula is C26H28N4. The highest BCUT2D eigenvalue weighted by atomic mass is 14.6. The quantitative estimate of drug-likeness (QED) is 0.328. The molecule has 0 heterocycles. The van der Waals surface area contributed by atoms with Crippen LogP contribution in [-0.4, -0.2) is 0 Å². The third-order valence-electron chi connectivity index (χ3n) is 5.03. The van der Waals surface area contributed by atoms with Gasteiger partial charge in [0, 0.05) is 22.7 Å². The van der Waals surface area contributed by atoms with Crippen LogP contribution in [0.5, 0.6) is 0 Å². The second-order valence-electron chi connectivity index (χ2n) is 7.39. The number of aryl methyl sites for hydroxylation is 2. The summed E-state index contributed by atoms with van der Waals surface area (Å²) < 4.78 is 0. The molecule has 4 aromatic rings. The van der Waals surface area contributed by atoms with Crippen LogP contribution in [-0.2, 0) is 0 Å². The highest BCUT2D eigenvalue weighted by Crippen LogP contribution is 2.26. The lowest BCUT2D eigenvalue weighted by molar-refractivity contribution is 1.44. The molecule has 4 rings (SSSR count). The SMILES string of the molecule is Cc1cc(-c2ccc(N)c(C)c2)ccc1N.Nc1ccc(-c2ccc(N)cc2)cc1. The zero-order valence-electron chi connectivity index (χ0n) is 17.4. The number of hydrogen-bond acceptors (Lipinski definition) is 4. The van der Waals surface area contributed by atoms with E-state index in [1.54, 1.807) is 0 Å². The third kappa shape index (κ3) is 5.11. The van der Waals surface area contributed by atoms with Crippen LogP contribution in [0.1, 0.15) is 11.1 Å². The van der Waals surface area contributed by atoms with Gasteiger partial charge in [-0.05, 0) is 95.8 Å². The topological polar surface area (TPSA) is 104 Å². The fraction of sp³-hybridized carbons (Fsp3) is 0.0769. The standard InChI is InChI=1S/C14H16N2.C12H12N2/c1-9-7-11(3-5-13(9)15)12-4-6-14(16)10(2)8-12;13-11-5-1-9(2-6-11)10-3-7-12(14)8-4-10/h3-8H,15-16H2,1-2H3;1-8H,13-14H2. The summed E-state index contributed by atoms with van der Waals surface area (Å²) in [4.78, 5) is 0. The normalized spacial score (nSPS) is 10.2. The van der Waals surface area contributed by atoms with Crippen LogP contribution < -0.4 is 22.9 Å². The fourth-order valence-electron chi connectivity index (χ4n) is 3.06. The van der Waals surface area contributed by atoms with E-state index in [-0.39, 0.29) is 0 Å². The van der Waals surface area contributed by atoms with E-state index in [4.69, 9.17) is 22.9 Å². The van der Waals surface area contributed by atoms with Crippen molar-refractivity contribution in [3.8, 4) is 22.3 Å². The predicted molar refractivity (Wildman–Crippen MR) is 131 cm³/mol. The van der Waals surface area contributed by atoms with Gasteiger partial charge in [-0.1, -0.05) is 36.4 Å². The fourth-order valence-corrected chi connectivity index (χ4v) is 3.06. The molecule has 0 saturated carbocycles. The minimum absolute atomic E-state index is 0.782. The summed E-state index contributed by atoms with van der Waals surface area (Å²) in [5.41, 5.74) is 32.9. The Hall–Kier alpha value is -3.92. The molecule has 0 bridgehead atoms. The maximum Gasteiger partial charge on any atom is 0.0344 e. The molecule has 4 heteroatoms. The molecule has 0 spiro atoms. The van der Waals surface area contributed by atoms with E-state index in [1.807, 2.05) is 86.6 Å². The van der Waals surface area contributed by atoms with E-state index in [9.17, 15) is 0 Å². The number of nitrogens with two attached hydrogens (primary N) is 4. The molecule has 0 fully saturated rings. The molecule has 0 atom stereocenters. The molecule has 0 amide bonds. The molecule has 30 heavy (non-hydrogen) atoms. The predicted octanol–water partition coefficient (Wildman–Crippen LogP) is 5.65.